The van der Waals surface area contributed by atoms with Gasteiger partial charge in [0, 0.05) is 6.54 Å². The Morgan fingerprint density at radius 3 is 2.72 bits per heavy atom. The molecule has 0 radical (unpaired) electrons. The molecular formula is C21H26N2O2. The van der Waals surface area contributed by atoms with Gasteiger partial charge in [0.1, 0.15) is 12.4 Å². The summed E-state index contributed by atoms with van der Waals surface area (Å²) in [5.41, 5.74) is 5.15. The largest absolute Gasteiger partial charge is 0.492 e. The molecule has 0 unspecified atom stereocenters. The van der Waals surface area contributed by atoms with Crippen molar-refractivity contribution in [1.29, 1.82) is 0 Å². The van der Waals surface area contributed by atoms with Gasteiger partial charge in [-0.1, -0.05) is 35.9 Å². The van der Waals surface area contributed by atoms with E-state index in [1.165, 1.54) is 36.0 Å². The van der Waals surface area contributed by atoms with E-state index in [0.717, 1.165) is 17.7 Å². The Balaban J connectivity index is 1.36. The summed E-state index contributed by atoms with van der Waals surface area (Å²) in [6.45, 7) is 3.52. The minimum Gasteiger partial charge on any atom is -0.492 e. The molecule has 4 heteroatoms. The fourth-order valence-corrected chi connectivity index (χ4v) is 3.20. The first kappa shape index (κ1) is 17.3. The van der Waals surface area contributed by atoms with Crippen molar-refractivity contribution in [1.82, 2.24) is 10.6 Å². The van der Waals surface area contributed by atoms with Gasteiger partial charge in [0.25, 0.3) is 0 Å². The van der Waals surface area contributed by atoms with Crippen molar-refractivity contribution in [3.05, 3.63) is 64.7 Å². The molecule has 1 aliphatic rings. The van der Waals surface area contributed by atoms with E-state index in [0.29, 0.717) is 19.7 Å². The number of benzene rings is 2. The van der Waals surface area contributed by atoms with Gasteiger partial charge in [-0.05, 0) is 61.4 Å². The van der Waals surface area contributed by atoms with E-state index in [2.05, 4.69) is 28.8 Å². The maximum absolute atomic E-state index is 11.8. The highest BCUT2D eigenvalue weighted by Gasteiger charge is 2.09. The van der Waals surface area contributed by atoms with Crippen LogP contribution < -0.4 is 15.4 Å². The van der Waals surface area contributed by atoms with Gasteiger partial charge in [-0.2, -0.15) is 0 Å². The number of aryl methyl sites for hydroxylation is 3. The molecule has 25 heavy (non-hydrogen) atoms. The normalized spacial score (nSPS) is 13.0. The lowest BCUT2D eigenvalue weighted by Crippen LogP contribution is -2.37. The van der Waals surface area contributed by atoms with Gasteiger partial charge in [-0.25, -0.2) is 4.79 Å². The lowest BCUT2D eigenvalue weighted by Gasteiger charge is -2.17. The first-order chi connectivity index (χ1) is 12.2. The Hall–Kier alpha value is -2.49. The van der Waals surface area contributed by atoms with Gasteiger partial charge in [0.05, 0.1) is 6.54 Å². The number of nitrogens with one attached hydrogen (secondary N) is 2. The van der Waals surface area contributed by atoms with Crippen molar-refractivity contribution >= 4 is 6.03 Å². The lowest BCUT2D eigenvalue weighted by atomic mass is 9.92. The van der Waals surface area contributed by atoms with Crippen LogP contribution >= 0.6 is 0 Å². The predicted octanol–water partition coefficient (Wildman–Crippen LogP) is 3.75. The number of ether oxygens (including phenoxy) is 1. The quantitative estimate of drug-likeness (QED) is 0.788. The molecule has 0 atom stereocenters. The third-order valence-electron chi connectivity index (χ3n) is 4.51. The fourth-order valence-electron chi connectivity index (χ4n) is 3.20. The monoisotopic (exact) mass is 338 g/mol. The molecule has 4 nitrogen and oxygen atoms in total. The number of carbonyl (C=O) groups excluding carboxylic acids is 1. The van der Waals surface area contributed by atoms with Crippen molar-refractivity contribution in [3.63, 3.8) is 0 Å². The number of carbonyl (C=O) groups is 1. The highest BCUT2D eigenvalue weighted by Crippen LogP contribution is 2.25. The van der Waals surface area contributed by atoms with Crippen molar-refractivity contribution < 1.29 is 9.53 Å². The molecule has 0 fully saturated rings. The zero-order valence-corrected chi connectivity index (χ0v) is 14.8. The van der Waals surface area contributed by atoms with Crippen LogP contribution in [-0.4, -0.2) is 19.2 Å². The molecule has 2 amide bonds. The van der Waals surface area contributed by atoms with Crippen LogP contribution in [0.25, 0.3) is 0 Å². The molecule has 0 spiro atoms. The van der Waals surface area contributed by atoms with E-state index in [1.54, 1.807) is 0 Å². The summed E-state index contributed by atoms with van der Waals surface area (Å²) >= 11 is 0. The Morgan fingerprint density at radius 2 is 1.88 bits per heavy atom. The van der Waals surface area contributed by atoms with E-state index >= 15 is 0 Å². The maximum Gasteiger partial charge on any atom is 0.315 e. The summed E-state index contributed by atoms with van der Waals surface area (Å²) in [4.78, 5) is 11.8. The van der Waals surface area contributed by atoms with Gasteiger partial charge >= 0.3 is 6.03 Å². The van der Waals surface area contributed by atoms with Crippen LogP contribution in [0, 0.1) is 6.92 Å². The number of urea groups is 1. The SMILES string of the molecule is Cc1cccc(CNC(=O)NCCOc2ccc3c(c2)CCCC3)c1. The average Bonchev–Trinajstić information content (AvgIpc) is 2.63. The van der Waals surface area contributed by atoms with Crippen LogP contribution in [0.2, 0.25) is 0 Å². The number of rotatable bonds is 6. The van der Waals surface area contributed by atoms with Gasteiger partial charge in [-0.15, -0.1) is 0 Å². The van der Waals surface area contributed by atoms with Crippen LogP contribution in [0.3, 0.4) is 0 Å². The lowest BCUT2D eigenvalue weighted by molar-refractivity contribution is 0.236. The zero-order chi connectivity index (χ0) is 17.5. The number of hydrogen-bond donors (Lipinski definition) is 2. The predicted molar refractivity (Wildman–Crippen MR) is 100.0 cm³/mol. The van der Waals surface area contributed by atoms with Crippen molar-refractivity contribution in [2.75, 3.05) is 13.2 Å². The third kappa shape index (κ3) is 5.24. The highest BCUT2D eigenvalue weighted by molar-refractivity contribution is 5.73. The number of amides is 2. The molecule has 0 saturated carbocycles. The van der Waals surface area contributed by atoms with Crippen molar-refractivity contribution in [2.24, 2.45) is 0 Å². The summed E-state index contributed by atoms with van der Waals surface area (Å²) in [5.74, 6) is 0.891. The minimum absolute atomic E-state index is 0.171. The molecule has 0 saturated heterocycles. The summed E-state index contributed by atoms with van der Waals surface area (Å²) < 4.78 is 5.76. The second kappa shape index (κ2) is 8.56. The summed E-state index contributed by atoms with van der Waals surface area (Å²) in [7, 11) is 0. The Bertz CT molecular complexity index is 728. The minimum atomic E-state index is -0.171. The Kier molecular flexibility index (Phi) is 5.94. The molecular weight excluding hydrogens is 312 g/mol. The number of fused-ring (bicyclic) bond motifs is 1. The molecule has 132 valence electrons. The zero-order valence-electron chi connectivity index (χ0n) is 14.8. The van der Waals surface area contributed by atoms with Crippen molar-refractivity contribution in [2.45, 2.75) is 39.2 Å². The van der Waals surface area contributed by atoms with E-state index < -0.39 is 0 Å². The van der Waals surface area contributed by atoms with Gasteiger partial charge in [-0.3, -0.25) is 0 Å². The van der Waals surface area contributed by atoms with Crippen LogP contribution in [-0.2, 0) is 19.4 Å². The van der Waals surface area contributed by atoms with Gasteiger partial charge < -0.3 is 15.4 Å². The molecule has 0 aromatic heterocycles. The molecule has 0 bridgehead atoms. The third-order valence-corrected chi connectivity index (χ3v) is 4.51. The Morgan fingerprint density at radius 1 is 1.04 bits per heavy atom. The molecule has 2 N–H and O–H groups in total. The first-order valence-electron chi connectivity index (χ1n) is 9.02. The van der Waals surface area contributed by atoms with Crippen LogP contribution in [0.4, 0.5) is 4.79 Å². The van der Waals surface area contributed by atoms with Gasteiger partial charge in [0.15, 0.2) is 0 Å². The molecule has 2 aromatic rings. The molecule has 0 heterocycles. The molecule has 3 rings (SSSR count). The van der Waals surface area contributed by atoms with E-state index in [1.807, 2.05) is 31.2 Å². The summed E-state index contributed by atoms with van der Waals surface area (Å²) in [6, 6.07) is 14.3. The van der Waals surface area contributed by atoms with Crippen LogP contribution in [0.15, 0.2) is 42.5 Å². The smallest absolute Gasteiger partial charge is 0.315 e. The second-order valence-corrected chi connectivity index (χ2v) is 6.58. The van der Waals surface area contributed by atoms with E-state index in [-0.39, 0.29) is 6.03 Å². The van der Waals surface area contributed by atoms with Crippen LogP contribution in [0.1, 0.15) is 35.1 Å². The second-order valence-electron chi connectivity index (χ2n) is 6.58. The molecule has 0 aliphatic heterocycles. The number of hydrogen-bond acceptors (Lipinski definition) is 2. The maximum atomic E-state index is 11.8. The topological polar surface area (TPSA) is 50.4 Å². The summed E-state index contributed by atoms with van der Waals surface area (Å²) in [5, 5.41) is 5.69. The van der Waals surface area contributed by atoms with E-state index in [9.17, 15) is 4.79 Å². The summed E-state index contributed by atoms with van der Waals surface area (Å²) in [6.07, 6.45) is 4.87. The van der Waals surface area contributed by atoms with Crippen molar-refractivity contribution in [3.8, 4) is 5.75 Å². The molecule has 2 aromatic carbocycles. The van der Waals surface area contributed by atoms with Crippen LogP contribution in [0.5, 0.6) is 5.75 Å². The standard InChI is InChI=1S/C21H26N2O2/c1-16-5-4-6-17(13-16)15-23-21(24)22-11-12-25-20-10-9-18-7-2-3-8-19(18)14-20/h4-6,9-10,13-14H,2-3,7-8,11-12,15H2,1H3,(H2,22,23,24). The Labute approximate surface area is 149 Å². The molecule has 1 aliphatic carbocycles. The van der Waals surface area contributed by atoms with Gasteiger partial charge in [0.2, 0.25) is 0 Å². The fraction of sp³-hybridized carbons (Fsp3) is 0.381. The average molecular weight is 338 g/mol. The first-order valence-corrected chi connectivity index (χ1v) is 9.02. The van der Waals surface area contributed by atoms with E-state index in [4.69, 9.17) is 4.74 Å². The highest BCUT2D eigenvalue weighted by atomic mass is 16.5.